The number of carbonyl (C=O) groups excluding carboxylic acids is 1. The van der Waals surface area contributed by atoms with Crippen molar-refractivity contribution in [1.82, 2.24) is 10.3 Å². The van der Waals surface area contributed by atoms with Gasteiger partial charge in [0.15, 0.2) is 0 Å². The number of methoxy groups -OCH3 is 1. The number of amides is 1. The number of carbonyl (C=O) groups is 1. The number of aromatic nitrogens is 1. The number of rotatable bonds is 3. The molecule has 1 aliphatic heterocycles. The van der Waals surface area contributed by atoms with Crippen LogP contribution >= 0.6 is 0 Å². The van der Waals surface area contributed by atoms with E-state index < -0.39 is 0 Å². The Morgan fingerprint density at radius 2 is 2.27 bits per heavy atom. The summed E-state index contributed by atoms with van der Waals surface area (Å²) < 4.78 is 10.7. The van der Waals surface area contributed by atoms with E-state index in [2.05, 4.69) is 10.3 Å². The van der Waals surface area contributed by atoms with Crippen molar-refractivity contribution in [2.75, 3.05) is 20.3 Å². The predicted octanol–water partition coefficient (Wildman–Crippen LogP) is 2.46. The van der Waals surface area contributed by atoms with Gasteiger partial charge in [0.05, 0.1) is 30.8 Å². The maximum absolute atomic E-state index is 12.6. The Morgan fingerprint density at radius 3 is 3.00 bits per heavy atom. The van der Waals surface area contributed by atoms with Crippen molar-refractivity contribution in [3.63, 3.8) is 0 Å². The quantitative estimate of drug-likeness (QED) is 0.946. The number of fused-ring (bicyclic) bond motifs is 1. The lowest BCUT2D eigenvalue weighted by Gasteiger charge is -2.23. The highest BCUT2D eigenvalue weighted by atomic mass is 16.5. The fourth-order valence-electron chi connectivity index (χ4n) is 2.77. The van der Waals surface area contributed by atoms with Crippen LogP contribution in [0.5, 0.6) is 5.75 Å². The van der Waals surface area contributed by atoms with Crippen molar-refractivity contribution >= 4 is 16.8 Å². The molecule has 1 amide bonds. The molecule has 2 aromatic rings. The van der Waals surface area contributed by atoms with Crippen LogP contribution in [0.2, 0.25) is 0 Å². The minimum atomic E-state index is -0.0840. The van der Waals surface area contributed by atoms with Crippen LogP contribution in [0.15, 0.2) is 24.3 Å². The molecular weight excluding hydrogens is 280 g/mol. The van der Waals surface area contributed by atoms with E-state index in [-0.39, 0.29) is 11.9 Å². The minimum Gasteiger partial charge on any atom is -0.497 e. The van der Waals surface area contributed by atoms with Crippen molar-refractivity contribution in [3.05, 3.63) is 35.5 Å². The predicted molar refractivity (Wildman–Crippen MR) is 84.3 cm³/mol. The first-order chi connectivity index (χ1) is 10.7. The van der Waals surface area contributed by atoms with Crippen LogP contribution in [0.4, 0.5) is 0 Å². The van der Waals surface area contributed by atoms with E-state index in [9.17, 15) is 4.79 Å². The Kier molecular flexibility index (Phi) is 4.24. The van der Waals surface area contributed by atoms with Crippen molar-refractivity contribution < 1.29 is 14.3 Å². The molecule has 22 heavy (non-hydrogen) atoms. The second-order valence-electron chi connectivity index (χ2n) is 5.58. The zero-order valence-electron chi connectivity index (χ0n) is 12.9. The van der Waals surface area contributed by atoms with E-state index >= 15 is 0 Å². The molecule has 1 aliphatic rings. The van der Waals surface area contributed by atoms with Crippen LogP contribution in [-0.2, 0) is 4.74 Å². The fourth-order valence-corrected chi connectivity index (χ4v) is 2.77. The number of aryl methyl sites for hydroxylation is 1. The van der Waals surface area contributed by atoms with Gasteiger partial charge in [-0.1, -0.05) is 0 Å². The maximum atomic E-state index is 12.6. The third-order valence-electron chi connectivity index (χ3n) is 3.88. The summed E-state index contributed by atoms with van der Waals surface area (Å²) in [6.07, 6.45) is 1.94. The summed E-state index contributed by atoms with van der Waals surface area (Å²) in [5.41, 5.74) is 2.25. The van der Waals surface area contributed by atoms with Crippen LogP contribution in [0.3, 0.4) is 0 Å². The first-order valence-corrected chi connectivity index (χ1v) is 7.51. The molecule has 0 radical (unpaired) electrons. The highest BCUT2D eigenvalue weighted by molar-refractivity contribution is 6.06. The molecule has 1 aromatic carbocycles. The molecule has 1 fully saturated rings. The number of nitrogens with zero attached hydrogens (tertiary/aromatic N) is 1. The van der Waals surface area contributed by atoms with Gasteiger partial charge in [-0.2, -0.15) is 0 Å². The van der Waals surface area contributed by atoms with Gasteiger partial charge in [-0.15, -0.1) is 0 Å². The third kappa shape index (κ3) is 3.04. The Morgan fingerprint density at radius 1 is 1.41 bits per heavy atom. The Labute approximate surface area is 129 Å². The van der Waals surface area contributed by atoms with Crippen LogP contribution in [0.1, 0.15) is 28.9 Å². The molecule has 1 aromatic heterocycles. The molecule has 0 unspecified atom stereocenters. The molecule has 1 saturated heterocycles. The number of ether oxygens (including phenoxy) is 2. The van der Waals surface area contributed by atoms with Gasteiger partial charge < -0.3 is 14.8 Å². The van der Waals surface area contributed by atoms with Gasteiger partial charge in [0.25, 0.3) is 5.91 Å². The summed E-state index contributed by atoms with van der Waals surface area (Å²) in [7, 11) is 1.61. The summed E-state index contributed by atoms with van der Waals surface area (Å²) in [5, 5.41) is 3.86. The standard InChI is InChI=1S/C17H20N2O3/c1-11-8-15(17(20)19-12-4-3-7-22-10-12)14-9-13(21-2)5-6-16(14)18-11/h5-6,8-9,12H,3-4,7,10H2,1-2H3,(H,19,20)/t12-/m0/s1. The fraction of sp³-hybridized carbons (Fsp3) is 0.412. The highest BCUT2D eigenvalue weighted by Crippen LogP contribution is 2.24. The van der Waals surface area contributed by atoms with E-state index in [1.54, 1.807) is 7.11 Å². The number of nitrogens with one attached hydrogen (secondary N) is 1. The molecule has 0 saturated carbocycles. The second-order valence-corrected chi connectivity index (χ2v) is 5.58. The van der Waals surface area contributed by atoms with Crippen LogP contribution in [0, 0.1) is 6.92 Å². The summed E-state index contributed by atoms with van der Waals surface area (Å²) in [5.74, 6) is 0.632. The van der Waals surface area contributed by atoms with Gasteiger partial charge in [0.2, 0.25) is 0 Å². The highest BCUT2D eigenvalue weighted by Gasteiger charge is 2.19. The smallest absolute Gasteiger partial charge is 0.252 e. The van der Waals surface area contributed by atoms with E-state index in [4.69, 9.17) is 9.47 Å². The first-order valence-electron chi connectivity index (χ1n) is 7.51. The van der Waals surface area contributed by atoms with Gasteiger partial charge >= 0.3 is 0 Å². The normalized spacial score (nSPS) is 18.2. The molecule has 0 bridgehead atoms. The van der Waals surface area contributed by atoms with Crippen molar-refractivity contribution in [2.45, 2.75) is 25.8 Å². The number of hydrogen-bond acceptors (Lipinski definition) is 4. The summed E-state index contributed by atoms with van der Waals surface area (Å²) >= 11 is 0. The maximum Gasteiger partial charge on any atom is 0.252 e. The molecule has 0 spiro atoms. The molecule has 2 heterocycles. The van der Waals surface area contributed by atoms with Gasteiger partial charge in [-0.05, 0) is 44.0 Å². The lowest BCUT2D eigenvalue weighted by atomic mass is 10.0. The van der Waals surface area contributed by atoms with Crippen molar-refractivity contribution in [2.24, 2.45) is 0 Å². The summed E-state index contributed by atoms with van der Waals surface area (Å²) in [6, 6.07) is 7.48. The van der Waals surface area contributed by atoms with Gasteiger partial charge in [0, 0.05) is 17.7 Å². The molecule has 3 rings (SSSR count). The number of hydrogen-bond donors (Lipinski definition) is 1. The van der Waals surface area contributed by atoms with Gasteiger partial charge in [-0.25, -0.2) is 0 Å². The van der Waals surface area contributed by atoms with E-state index in [1.165, 1.54) is 0 Å². The van der Waals surface area contributed by atoms with Crippen molar-refractivity contribution in [3.8, 4) is 5.75 Å². The molecule has 116 valence electrons. The Balaban J connectivity index is 1.95. The largest absolute Gasteiger partial charge is 0.497 e. The zero-order valence-corrected chi connectivity index (χ0v) is 12.9. The Hall–Kier alpha value is -2.14. The lowest BCUT2D eigenvalue weighted by molar-refractivity contribution is 0.0625. The lowest BCUT2D eigenvalue weighted by Crippen LogP contribution is -2.40. The molecule has 1 N–H and O–H groups in total. The minimum absolute atomic E-state index is 0.0791. The van der Waals surface area contributed by atoms with Gasteiger partial charge in [0.1, 0.15) is 5.75 Å². The molecule has 5 nitrogen and oxygen atoms in total. The second kappa shape index (κ2) is 6.32. The van der Waals surface area contributed by atoms with Crippen LogP contribution < -0.4 is 10.1 Å². The van der Waals surface area contributed by atoms with Crippen LogP contribution in [0.25, 0.3) is 10.9 Å². The average Bonchev–Trinajstić information content (AvgIpc) is 2.54. The summed E-state index contributed by atoms with van der Waals surface area (Å²) in [6.45, 7) is 3.25. The van der Waals surface area contributed by atoms with E-state index in [0.29, 0.717) is 17.9 Å². The number of pyridine rings is 1. The monoisotopic (exact) mass is 300 g/mol. The molecule has 0 aliphatic carbocycles. The summed E-state index contributed by atoms with van der Waals surface area (Å²) in [4.78, 5) is 17.1. The average molecular weight is 300 g/mol. The van der Waals surface area contributed by atoms with E-state index in [1.807, 2.05) is 31.2 Å². The van der Waals surface area contributed by atoms with Gasteiger partial charge in [-0.3, -0.25) is 9.78 Å². The first kappa shape index (κ1) is 14.8. The number of benzene rings is 1. The molecule has 1 atom stereocenters. The topological polar surface area (TPSA) is 60.5 Å². The van der Waals surface area contributed by atoms with E-state index in [0.717, 1.165) is 36.0 Å². The zero-order chi connectivity index (χ0) is 15.5. The van der Waals surface area contributed by atoms with Crippen LogP contribution in [-0.4, -0.2) is 37.3 Å². The molecular formula is C17H20N2O3. The molecule has 5 heteroatoms. The SMILES string of the molecule is COc1ccc2nc(C)cc(C(=O)N[C@H]3CCCOC3)c2c1. The third-order valence-corrected chi connectivity index (χ3v) is 3.88. The van der Waals surface area contributed by atoms with Crippen molar-refractivity contribution in [1.29, 1.82) is 0 Å². The Bertz CT molecular complexity index is 694.